The van der Waals surface area contributed by atoms with Gasteiger partial charge in [0.2, 0.25) is 0 Å². The first-order valence-electron chi connectivity index (χ1n) is 9.25. The maximum absolute atomic E-state index is 4.03. The Hall–Kier alpha value is -2.87. The highest BCUT2D eigenvalue weighted by Gasteiger charge is 1.89. The number of thiazole rings is 1. The number of H-pyrrole nitrogens is 2. The molecule has 0 spiro atoms. The summed E-state index contributed by atoms with van der Waals surface area (Å²) in [5.74, 6) is 0. The fourth-order valence-electron chi connectivity index (χ4n) is 1.64. The van der Waals surface area contributed by atoms with Crippen molar-refractivity contribution in [1.82, 2.24) is 35.3 Å². The predicted octanol–water partition coefficient (Wildman–Crippen LogP) is 4.91. The summed E-state index contributed by atoms with van der Waals surface area (Å²) in [4.78, 5) is 13.2. The van der Waals surface area contributed by atoms with E-state index >= 15 is 0 Å². The van der Waals surface area contributed by atoms with Crippen LogP contribution in [0, 0.1) is 55.4 Å². The first-order valence-corrected chi connectivity index (χ1v) is 10.1. The summed E-state index contributed by atoms with van der Waals surface area (Å²) in [7, 11) is 0. The standard InChI is InChI=1S/C6H8N2.2C5H8N2.C5H7NS/c1-5-3-7-4-8-6(5)2;2*1-4-3-6-7-5(4)2;1-4-5(2)7-3-6-4/h3-4H,1-2H3;2*3H,1-2H3,(H,6,7);3H,1-2H3. The molecule has 29 heavy (non-hydrogen) atoms. The molecule has 0 radical (unpaired) electrons. The van der Waals surface area contributed by atoms with Crippen molar-refractivity contribution in [3.63, 3.8) is 0 Å². The Morgan fingerprint density at radius 3 is 1.38 bits per heavy atom. The van der Waals surface area contributed by atoms with E-state index < -0.39 is 0 Å². The van der Waals surface area contributed by atoms with Crippen LogP contribution >= 0.6 is 11.3 Å². The fourth-order valence-corrected chi connectivity index (χ4v) is 2.23. The van der Waals surface area contributed by atoms with Crippen molar-refractivity contribution < 1.29 is 0 Å². The molecule has 4 aromatic heterocycles. The molecule has 0 bridgehead atoms. The van der Waals surface area contributed by atoms with Crippen LogP contribution in [-0.4, -0.2) is 35.3 Å². The summed E-state index contributed by atoms with van der Waals surface area (Å²) in [6.45, 7) is 16.1. The molecule has 0 saturated heterocycles. The van der Waals surface area contributed by atoms with Gasteiger partial charge in [-0.2, -0.15) is 10.2 Å². The molecule has 0 aromatic carbocycles. The molecular formula is C21H31N7S. The second-order valence-corrected chi connectivity index (χ2v) is 7.70. The maximum atomic E-state index is 4.03. The molecule has 2 N–H and O–H groups in total. The first-order chi connectivity index (χ1) is 13.7. The number of hydrogen-bond donors (Lipinski definition) is 2. The number of aryl methyl sites for hydroxylation is 8. The summed E-state index contributed by atoms with van der Waals surface area (Å²) >= 11 is 1.69. The zero-order valence-corrected chi connectivity index (χ0v) is 19.3. The Kier molecular flexibility index (Phi) is 10.5. The Labute approximate surface area is 177 Å². The van der Waals surface area contributed by atoms with Crippen LogP contribution in [0.5, 0.6) is 0 Å². The van der Waals surface area contributed by atoms with Crippen molar-refractivity contribution in [2.75, 3.05) is 0 Å². The predicted molar refractivity (Wildman–Crippen MR) is 119 cm³/mol. The molecule has 8 heteroatoms. The Morgan fingerprint density at radius 1 is 0.655 bits per heavy atom. The van der Waals surface area contributed by atoms with Crippen molar-refractivity contribution in [3.8, 4) is 0 Å². The fraction of sp³-hybridized carbons (Fsp3) is 0.381. The summed E-state index contributed by atoms with van der Waals surface area (Å²) in [6.07, 6.45) is 7.00. The molecular weight excluding hydrogens is 382 g/mol. The molecule has 4 rings (SSSR count). The van der Waals surface area contributed by atoms with Crippen molar-refractivity contribution in [1.29, 1.82) is 0 Å². The van der Waals surface area contributed by atoms with E-state index in [1.54, 1.807) is 17.7 Å². The van der Waals surface area contributed by atoms with Crippen LogP contribution in [0.3, 0.4) is 0 Å². The van der Waals surface area contributed by atoms with Gasteiger partial charge in [0.1, 0.15) is 6.33 Å². The van der Waals surface area contributed by atoms with Crippen LogP contribution in [0.2, 0.25) is 0 Å². The Morgan fingerprint density at radius 2 is 1.21 bits per heavy atom. The van der Waals surface area contributed by atoms with Gasteiger partial charge in [0, 0.05) is 28.2 Å². The van der Waals surface area contributed by atoms with E-state index in [4.69, 9.17) is 0 Å². The van der Waals surface area contributed by atoms with E-state index in [0.29, 0.717) is 0 Å². The number of nitrogens with one attached hydrogen (secondary N) is 2. The molecule has 0 fully saturated rings. The number of aromatic nitrogens is 7. The minimum absolute atomic E-state index is 1.06. The lowest BCUT2D eigenvalue weighted by molar-refractivity contribution is 1.04. The first kappa shape index (κ1) is 24.2. The lowest BCUT2D eigenvalue weighted by Crippen LogP contribution is -1.85. The van der Waals surface area contributed by atoms with Crippen LogP contribution in [0.1, 0.15) is 44.3 Å². The quantitative estimate of drug-likeness (QED) is 0.427. The Balaban J connectivity index is 0.000000194. The second kappa shape index (κ2) is 12.6. The minimum atomic E-state index is 1.06. The van der Waals surface area contributed by atoms with Gasteiger partial charge < -0.3 is 0 Å². The summed E-state index contributed by atoms with van der Waals surface area (Å²) < 4.78 is 0. The molecule has 0 unspecified atom stereocenters. The largest absolute Gasteiger partial charge is 0.283 e. The van der Waals surface area contributed by atoms with Crippen LogP contribution in [-0.2, 0) is 0 Å². The molecule has 0 aliphatic heterocycles. The molecule has 4 aromatic rings. The topological polar surface area (TPSA) is 96.0 Å². The van der Waals surface area contributed by atoms with E-state index in [1.165, 1.54) is 16.0 Å². The third-order valence-corrected chi connectivity index (χ3v) is 5.17. The lowest BCUT2D eigenvalue weighted by Gasteiger charge is -1.91. The van der Waals surface area contributed by atoms with Gasteiger partial charge >= 0.3 is 0 Å². The van der Waals surface area contributed by atoms with Crippen molar-refractivity contribution in [3.05, 3.63) is 74.8 Å². The van der Waals surface area contributed by atoms with Crippen molar-refractivity contribution in [2.45, 2.75) is 55.4 Å². The lowest BCUT2D eigenvalue weighted by atomic mass is 10.3. The highest BCUT2D eigenvalue weighted by atomic mass is 32.1. The number of nitrogens with zero attached hydrogens (tertiary/aromatic N) is 5. The maximum Gasteiger partial charge on any atom is 0.115 e. The number of aromatic amines is 2. The van der Waals surface area contributed by atoms with Gasteiger partial charge in [-0.25, -0.2) is 15.0 Å². The van der Waals surface area contributed by atoms with E-state index in [1.807, 2.05) is 72.6 Å². The minimum Gasteiger partial charge on any atom is -0.283 e. The molecule has 0 amide bonds. The normalized spacial score (nSPS) is 9.38. The average Bonchev–Trinajstić information content (AvgIpc) is 3.37. The summed E-state index contributed by atoms with van der Waals surface area (Å²) in [6, 6.07) is 0. The van der Waals surface area contributed by atoms with Crippen LogP contribution in [0.25, 0.3) is 0 Å². The van der Waals surface area contributed by atoms with Crippen LogP contribution < -0.4 is 0 Å². The third kappa shape index (κ3) is 9.25. The van der Waals surface area contributed by atoms with Gasteiger partial charge in [-0.3, -0.25) is 10.2 Å². The summed E-state index contributed by atoms with van der Waals surface area (Å²) in [5, 5.41) is 13.2. The summed E-state index contributed by atoms with van der Waals surface area (Å²) in [5.41, 5.74) is 9.97. The van der Waals surface area contributed by atoms with Gasteiger partial charge in [-0.15, -0.1) is 11.3 Å². The van der Waals surface area contributed by atoms with E-state index in [9.17, 15) is 0 Å². The third-order valence-electron chi connectivity index (χ3n) is 4.31. The zero-order chi connectivity index (χ0) is 21.8. The second-order valence-electron chi connectivity index (χ2n) is 6.64. The Bertz CT molecular complexity index is 807. The van der Waals surface area contributed by atoms with Crippen LogP contribution in [0.4, 0.5) is 0 Å². The monoisotopic (exact) mass is 413 g/mol. The van der Waals surface area contributed by atoms with Gasteiger partial charge in [-0.05, 0) is 72.1 Å². The number of rotatable bonds is 0. The smallest absolute Gasteiger partial charge is 0.115 e. The zero-order valence-electron chi connectivity index (χ0n) is 18.5. The number of hydrogen-bond acceptors (Lipinski definition) is 6. The van der Waals surface area contributed by atoms with Gasteiger partial charge in [-0.1, -0.05) is 0 Å². The van der Waals surface area contributed by atoms with E-state index in [2.05, 4.69) is 42.3 Å². The molecule has 0 saturated carbocycles. The molecule has 7 nitrogen and oxygen atoms in total. The molecule has 4 heterocycles. The highest BCUT2D eigenvalue weighted by Crippen LogP contribution is 2.07. The molecule has 0 aliphatic rings. The van der Waals surface area contributed by atoms with Crippen molar-refractivity contribution in [2.24, 2.45) is 0 Å². The highest BCUT2D eigenvalue weighted by molar-refractivity contribution is 7.09. The van der Waals surface area contributed by atoms with E-state index in [0.717, 1.165) is 28.3 Å². The van der Waals surface area contributed by atoms with Crippen molar-refractivity contribution >= 4 is 11.3 Å². The van der Waals surface area contributed by atoms with Gasteiger partial charge in [0.25, 0.3) is 0 Å². The molecule has 0 aliphatic carbocycles. The van der Waals surface area contributed by atoms with Gasteiger partial charge in [0.05, 0.1) is 23.6 Å². The molecule has 156 valence electrons. The van der Waals surface area contributed by atoms with Crippen LogP contribution in [0.15, 0.2) is 30.4 Å². The average molecular weight is 414 g/mol. The van der Waals surface area contributed by atoms with E-state index in [-0.39, 0.29) is 0 Å². The molecule has 0 atom stereocenters. The van der Waals surface area contributed by atoms with Gasteiger partial charge in [0.15, 0.2) is 0 Å². The SMILES string of the molecule is Cc1cn[nH]c1C.Cc1cn[nH]c1C.Cc1cncnc1C.Cc1ncsc1C.